The van der Waals surface area contributed by atoms with Gasteiger partial charge in [0, 0.05) is 11.3 Å². The lowest BCUT2D eigenvalue weighted by Gasteiger charge is -2.10. The van der Waals surface area contributed by atoms with E-state index < -0.39 is 0 Å². The third-order valence-corrected chi connectivity index (χ3v) is 3.42. The maximum absolute atomic E-state index is 5.36. The van der Waals surface area contributed by atoms with Gasteiger partial charge in [-0.3, -0.25) is 14.6 Å². The van der Waals surface area contributed by atoms with Gasteiger partial charge in [0.1, 0.15) is 0 Å². The highest BCUT2D eigenvalue weighted by molar-refractivity contribution is 7.71. The molecular weight excluding hydrogens is 268 g/mol. The van der Waals surface area contributed by atoms with Crippen LogP contribution >= 0.6 is 12.2 Å². The Hall–Kier alpha value is -2.27. The van der Waals surface area contributed by atoms with Gasteiger partial charge in [-0.15, -0.1) is 0 Å². The summed E-state index contributed by atoms with van der Waals surface area (Å²) < 4.78 is 2.49. The lowest BCUT2D eigenvalue weighted by Crippen LogP contribution is -2.02. The Kier molecular flexibility index (Phi) is 3.20. The fourth-order valence-electron chi connectivity index (χ4n) is 2.22. The van der Waals surface area contributed by atoms with Crippen LogP contribution < -0.4 is 0 Å². The summed E-state index contributed by atoms with van der Waals surface area (Å²) in [4.78, 5) is 4.50. The molecule has 4 nitrogen and oxygen atoms in total. The number of nitrogens with one attached hydrogen (secondary N) is 1. The summed E-state index contributed by atoms with van der Waals surface area (Å²) in [5, 5.41) is 7.21. The van der Waals surface area contributed by atoms with E-state index in [1.165, 1.54) is 0 Å². The molecule has 0 aliphatic rings. The number of benzene rings is 1. The van der Waals surface area contributed by atoms with Gasteiger partial charge in [-0.2, -0.15) is 5.10 Å². The summed E-state index contributed by atoms with van der Waals surface area (Å²) >= 11 is 5.36. The van der Waals surface area contributed by atoms with Crippen molar-refractivity contribution >= 4 is 12.2 Å². The molecule has 0 atom stereocenters. The van der Waals surface area contributed by atoms with Gasteiger partial charge in [0.15, 0.2) is 10.6 Å². The van der Waals surface area contributed by atoms with Crippen LogP contribution in [0.25, 0.3) is 17.1 Å². The van der Waals surface area contributed by atoms with Crippen molar-refractivity contribution in [2.75, 3.05) is 0 Å². The molecule has 1 aromatic carbocycles. The van der Waals surface area contributed by atoms with Gasteiger partial charge in [-0.1, -0.05) is 30.3 Å². The summed E-state index contributed by atoms with van der Waals surface area (Å²) in [5.41, 5.74) is 3.88. The van der Waals surface area contributed by atoms with Crippen LogP contribution in [0.15, 0.2) is 42.5 Å². The van der Waals surface area contributed by atoms with Crippen molar-refractivity contribution in [2.45, 2.75) is 13.8 Å². The molecule has 3 rings (SSSR count). The standard InChI is InChI=1S/C15H14N4S/c1-10-8-9-13(11(2)16-10)19-14(17-18-15(19)20)12-6-4-3-5-7-12/h3-9H,1-2H3,(H,18,20). The molecule has 2 heterocycles. The molecule has 0 unspecified atom stereocenters. The molecule has 1 N–H and O–H groups in total. The zero-order chi connectivity index (χ0) is 14.1. The number of pyridine rings is 1. The minimum absolute atomic E-state index is 0.567. The highest BCUT2D eigenvalue weighted by atomic mass is 32.1. The molecule has 0 radical (unpaired) electrons. The first-order valence-corrected chi connectivity index (χ1v) is 6.75. The molecule has 3 aromatic rings. The van der Waals surface area contributed by atoms with E-state index in [2.05, 4.69) is 15.2 Å². The molecule has 5 heteroatoms. The Morgan fingerprint density at radius 3 is 2.50 bits per heavy atom. The van der Waals surface area contributed by atoms with E-state index in [9.17, 15) is 0 Å². The molecular formula is C15H14N4S. The predicted octanol–water partition coefficient (Wildman–Crippen LogP) is 3.61. The van der Waals surface area contributed by atoms with Crippen LogP contribution in [0.1, 0.15) is 11.4 Å². The quantitative estimate of drug-likeness (QED) is 0.730. The first-order chi connectivity index (χ1) is 9.66. The van der Waals surface area contributed by atoms with Gasteiger partial charge in [0.2, 0.25) is 0 Å². The zero-order valence-corrected chi connectivity index (χ0v) is 12.1. The average Bonchev–Trinajstić information content (AvgIpc) is 2.82. The Morgan fingerprint density at radius 2 is 1.80 bits per heavy atom. The Balaban J connectivity index is 2.25. The third kappa shape index (κ3) is 2.16. The minimum atomic E-state index is 0.567. The molecule has 0 fully saturated rings. The maximum atomic E-state index is 5.36. The number of H-pyrrole nitrogens is 1. The summed E-state index contributed by atoms with van der Waals surface area (Å²) in [6, 6.07) is 14.0. The summed E-state index contributed by atoms with van der Waals surface area (Å²) in [6.45, 7) is 3.95. The van der Waals surface area contributed by atoms with Crippen LogP contribution in [0.2, 0.25) is 0 Å². The normalized spacial score (nSPS) is 10.7. The Bertz CT molecular complexity index is 802. The Labute approximate surface area is 122 Å². The van der Waals surface area contributed by atoms with Crippen molar-refractivity contribution in [2.24, 2.45) is 0 Å². The molecule has 0 aliphatic heterocycles. The highest BCUT2D eigenvalue weighted by Gasteiger charge is 2.12. The second-order valence-electron chi connectivity index (χ2n) is 4.61. The number of rotatable bonds is 2. The number of aryl methyl sites for hydroxylation is 2. The first kappa shape index (κ1) is 12.7. The fraction of sp³-hybridized carbons (Fsp3) is 0.133. The van der Waals surface area contributed by atoms with Gasteiger partial charge in [-0.25, -0.2) is 0 Å². The molecule has 0 bridgehead atoms. The number of nitrogens with zero attached hydrogens (tertiary/aromatic N) is 3. The van der Waals surface area contributed by atoms with Crippen molar-refractivity contribution in [1.82, 2.24) is 19.7 Å². The van der Waals surface area contributed by atoms with Gasteiger partial charge < -0.3 is 0 Å². The van der Waals surface area contributed by atoms with Crippen molar-refractivity contribution in [3.63, 3.8) is 0 Å². The van der Waals surface area contributed by atoms with Crippen molar-refractivity contribution in [3.8, 4) is 17.1 Å². The molecule has 0 amide bonds. The summed E-state index contributed by atoms with van der Waals surface area (Å²) in [7, 11) is 0. The second kappa shape index (κ2) is 5.02. The van der Waals surface area contributed by atoms with E-state index in [0.29, 0.717) is 4.77 Å². The number of hydrogen-bond acceptors (Lipinski definition) is 3. The molecule has 20 heavy (non-hydrogen) atoms. The van der Waals surface area contributed by atoms with E-state index in [1.807, 2.05) is 60.9 Å². The van der Waals surface area contributed by atoms with Gasteiger partial charge in [0.05, 0.1) is 11.4 Å². The minimum Gasteiger partial charge on any atom is -0.266 e. The first-order valence-electron chi connectivity index (χ1n) is 6.34. The van der Waals surface area contributed by atoms with Crippen LogP contribution in [0.3, 0.4) is 0 Å². The average molecular weight is 282 g/mol. The monoisotopic (exact) mass is 282 g/mol. The van der Waals surface area contributed by atoms with Gasteiger partial charge >= 0.3 is 0 Å². The lowest BCUT2D eigenvalue weighted by molar-refractivity contribution is 0.981. The largest absolute Gasteiger partial charge is 0.266 e. The van der Waals surface area contributed by atoms with Crippen LogP contribution in [0.5, 0.6) is 0 Å². The number of hydrogen-bond donors (Lipinski definition) is 1. The summed E-state index contributed by atoms with van der Waals surface area (Å²) in [5.74, 6) is 0.796. The van der Waals surface area contributed by atoms with Gasteiger partial charge in [0.25, 0.3) is 0 Å². The van der Waals surface area contributed by atoms with Crippen molar-refractivity contribution in [3.05, 3.63) is 58.6 Å². The van der Waals surface area contributed by atoms with Gasteiger partial charge in [-0.05, 0) is 38.2 Å². The molecule has 0 saturated heterocycles. The SMILES string of the molecule is Cc1ccc(-n2c(-c3ccccc3)n[nH]c2=S)c(C)n1. The fourth-order valence-corrected chi connectivity index (χ4v) is 2.45. The summed E-state index contributed by atoms with van der Waals surface area (Å²) in [6.07, 6.45) is 0. The second-order valence-corrected chi connectivity index (χ2v) is 5.00. The molecule has 2 aromatic heterocycles. The van der Waals surface area contributed by atoms with E-state index in [0.717, 1.165) is 28.5 Å². The molecule has 100 valence electrons. The predicted molar refractivity (Wildman–Crippen MR) is 81.5 cm³/mol. The maximum Gasteiger partial charge on any atom is 0.200 e. The lowest BCUT2D eigenvalue weighted by atomic mass is 10.2. The van der Waals surface area contributed by atoms with Crippen LogP contribution in [-0.4, -0.2) is 19.7 Å². The van der Waals surface area contributed by atoms with E-state index >= 15 is 0 Å². The molecule has 0 aliphatic carbocycles. The van der Waals surface area contributed by atoms with E-state index in [1.54, 1.807) is 0 Å². The van der Waals surface area contributed by atoms with Crippen LogP contribution in [-0.2, 0) is 0 Å². The smallest absolute Gasteiger partial charge is 0.200 e. The van der Waals surface area contributed by atoms with Crippen LogP contribution in [0.4, 0.5) is 0 Å². The molecule has 0 saturated carbocycles. The highest BCUT2D eigenvalue weighted by Crippen LogP contribution is 2.22. The van der Waals surface area contributed by atoms with E-state index in [-0.39, 0.29) is 0 Å². The van der Waals surface area contributed by atoms with Crippen molar-refractivity contribution < 1.29 is 0 Å². The van der Waals surface area contributed by atoms with E-state index in [4.69, 9.17) is 12.2 Å². The number of aromatic nitrogens is 4. The third-order valence-electron chi connectivity index (χ3n) is 3.14. The number of aromatic amines is 1. The zero-order valence-electron chi connectivity index (χ0n) is 11.3. The van der Waals surface area contributed by atoms with Crippen molar-refractivity contribution in [1.29, 1.82) is 0 Å². The topological polar surface area (TPSA) is 46.5 Å². The molecule has 0 spiro atoms. The Morgan fingerprint density at radius 1 is 1.05 bits per heavy atom. The van der Waals surface area contributed by atoms with Crippen LogP contribution in [0, 0.1) is 18.6 Å².